The van der Waals surface area contributed by atoms with E-state index in [1.165, 1.54) is 42.4 Å². The Hall–Kier alpha value is -0.470. The maximum absolute atomic E-state index is 3.87. The third-order valence-corrected chi connectivity index (χ3v) is 5.38. The summed E-state index contributed by atoms with van der Waals surface area (Å²) in [5, 5.41) is 4.66. The molecule has 1 fully saturated rings. The third-order valence-electron chi connectivity index (χ3n) is 4.21. The summed E-state index contributed by atoms with van der Waals surface area (Å²) >= 11 is 2.03. The minimum absolute atomic E-state index is 0.455. The minimum atomic E-state index is 0.455. The van der Waals surface area contributed by atoms with Crippen LogP contribution in [0.2, 0.25) is 0 Å². The zero-order valence-corrected chi connectivity index (χ0v) is 13.5. The van der Waals surface area contributed by atoms with Gasteiger partial charge in [-0.05, 0) is 45.4 Å². The number of hydrogen-bond donors (Lipinski definition) is 1. The van der Waals surface area contributed by atoms with E-state index in [1.54, 1.807) is 0 Å². The molecule has 1 nitrogen and oxygen atoms in total. The average molecular weight is 277 g/mol. The van der Waals surface area contributed by atoms with E-state index >= 15 is 0 Å². The molecular weight excluding hydrogens is 250 g/mol. The second-order valence-corrected chi connectivity index (χ2v) is 7.05. The molecule has 0 radical (unpaired) electrons. The molecule has 2 rings (SSSR count). The van der Waals surface area contributed by atoms with Crippen molar-refractivity contribution in [2.45, 2.75) is 63.8 Å². The zero-order valence-electron chi connectivity index (χ0n) is 12.7. The molecule has 0 heterocycles. The standard InChI is InChI=1S/C17H27NS/c1-12-9-13(2)11-15(10-12)14(3)18-16-7-5-6-8-17(16)19-4/h9-11,14,16-18H,5-8H2,1-4H3. The molecule has 0 spiro atoms. The molecule has 0 aliphatic heterocycles. The summed E-state index contributed by atoms with van der Waals surface area (Å²) in [5.41, 5.74) is 4.17. The largest absolute Gasteiger partial charge is 0.306 e. The topological polar surface area (TPSA) is 12.0 Å². The normalized spacial score (nSPS) is 25.3. The predicted octanol–water partition coefficient (Wildman–Crippen LogP) is 4.63. The lowest BCUT2D eigenvalue weighted by Crippen LogP contribution is -2.41. The van der Waals surface area contributed by atoms with Crippen LogP contribution in [0.5, 0.6) is 0 Å². The maximum atomic E-state index is 3.87. The van der Waals surface area contributed by atoms with Crippen LogP contribution in [-0.2, 0) is 0 Å². The van der Waals surface area contributed by atoms with Gasteiger partial charge >= 0.3 is 0 Å². The monoisotopic (exact) mass is 277 g/mol. The van der Waals surface area contributed by atoms with Crippen molar-refractivity contribution >= 4 is 11.8 Å². The van der Waals surface area contributed by atoms with Gasteiger partial charge in [0.25, 0.3) is 0 Å². The SMILES string of the molecule is CSC1CCCCC1NC(C)c1cc(C)cc(C)c1. The van der Waals surface area contributed by atoms with Gasteiger partial charge < -0.3 is 5.32 Å². The molecule has 0 aromatic heterocycles. The van der Waals surface area contributed by atoms with Gasteiger partial charge in [0.15, 0.2) is 0 Å². The van der Waals surface area contributed by atoms with E-state index in [1.807, 2.05) is 11.8 Å². The maximum Gasteiger partial charge on any atom is 0.0294 e. The van der Waals surface area contributed by atoms with Gasteiger partial charge in [0.2, 0.25) is 0 Å². The molecule has 1 saturated carbocycles. The molecule has 106 valence electrons. The second kappa shape index (κ2) is 6.81. The third kappa shape index (κ3) is 4.00. The van der Waals surface area contributed by atoms with Crippen molar-refractivity contribution in [3.8, 4) is 0 Å². The first-order valence-electron chi connectivity index (χ1n) is 7.47. The van der Waals surface area contributed by atoms with Gasteiger partial charge in [-0.2, -0.15) is 11.8 Å². The van der Waals surface area contributed by atoms with Crippen molar-refractivity contribution in [1.82, 2.24) is 5.32 Å². The van der Waals surface area contributed by atoms with Crippen LogP contribution < -0.4 is 5.32 Å². The highest BCUT2D eigenvalue weighted by molar-refractivity contribution is 7.99. The van der Waals surface area contributed by atoms with Crippen molar-refractivity contribution in [2.75, 3.05) is 6.26 Å². The van der Waals surface area contributed by atoms with E-state index in [2.05, 4.69) is 50.5 Å². The first kappa shape index (κ1) is 14.9. The number of benzene rings is 1. The van der Waals surface area contributed by atoms with E-state index in [-0.39, 0.29) is 0 Å². The van der Waals surface area contributed by atoms with Crippen LogP contribution in [0.3, 0.4) is 0 Å². The molecular formula is C17H27NS. The zero-order chi connectivity index (χ0) is 13.8. The highest BCUT2D eigenvalue weighted by Gasteiger charge is 2.25. The van der Waals surface area contributed by atoms with Gasteiger partial charge in [0.1, 0.15) is 0 Å². The molecule has 0 bridgehead atoms. The molecule has 3 unspecified atom stereocenters. The van der Waals surface area contributed by atoms with Gasteiger partial charge in [0.05, 0.1) is 0 Å². The lowest BCUT2D eigenvalue weighted by Gasteiger charge is -2.33. The molecule has 1 aromatic rings. The van der Waals surface area contributed by atoms with Crippen molar-refractivity contribution in [3.05, 3.63) is 34.9 Å². The number of hydrogen-bond acceptors (Lipinski definition) is 2. The minimum Gasteiger partial charge on any atom is -0.306 e. The molecule has 3 atom stereocenters. The molecule has 1 aliphatic rings. The van der Waals surface area contributed by atoms with Gasteiger partial charge in [-0.3, -0.25) is 0 Å². The number of rotatable bonds is 4. The average Bonchev–Trinajstić information content (AvgIpc) is 2.38. The van der Waals surface area contributed by atoms with Crippen LogP contribution in [0.15, 0.2) is 18.2 Å². The first-order chi connectivity index (χ1) is 9.10. The van der Waals surface area contributed by atoms with Gasteiger partial charge in [-0.25, -0.2) is 0 Å². The van der Waals surface area contributed by atoms with E-state index in [0.29, 0.717) is 12.1 Å². The Morgan fingerprint density at radius 1 is 1.11 bits per heavy atom. The van der Waals surface area contributed by atoms with Gasteiger partial charge in [0, 0.05) is 17.3 Å². The highest BCUT2D eigenvalue weighted by Crippen LogP contribution is 2.29. The number of nitrogens with one attached hydrogen (secondary N) is 1. The van der Waals surface area contributed by atoms with Gasteiger partial charge in [-0.1, -0.05) is 42.2 Å². The summed E-state index contributed by atoms with van der Waals surface area (Å²) in [6.07, 6.45) is 7.75. The van der Waals surface area contributed by atoms with E-state index in [0.717, 1.165) is 5.25 Å². The highest BCUT2D eigenvalue weighted by atomic mass is 32.2. The van der Waals surface area contributed by atoms with Crippen LogP contribution in [-0.4, -0.2) is 17.5 Å². The Morgan fingerprint density at radius 3 is 2.37 bits per heavy atom. The summed E-state index contributed by atoms with van der Waals surface area (Å²) in [6, 6.07) is 8.03. The summed E-state index contributed by atoms with van der Waals surface area (Å²) in [6.45, 7) is 6.68. The summed E-state index contributed by atoms with van der Waals surface area (Å²) in [7, 11) is 0. The number of aryl methyl sites for hydroxylation is 2. The molecule has 1 N–H and O–H groups in total. The van der Waals surface area contributed by atoms with Crippen LogP contribution in [0.4, 0.5) is 0 Å². The van der Waals surface area contributed by atoms with Crippen LogP contribution >= 0.6 is 11.8 Å². The van der Waals surface area contributed by atoms with Gasteiger partial charge in [-0.15, -0.1) is 0 Å². The molecule has 0 saturated heterocycles. The summed E-state index contributed by atoms with van der Waals surface area (Å²) in [5.74, 6) is 0. The van der Waals surface area contributed by atoms with Crippen molar-refractivity contribution in [1.29, 1.82) is 0 Å². The smallest absolute Gasteiger partial charge is 0.0294 e. The van der Waals surface area contributed by atoms with Crippen molar-refractivity contribution in [2.24, 2.45) is 0 Å². The quantitative estimate of drug-likeness (QED) is 0.861. The fourth-order valence-corrected chi connectivity index (χ4v) is 4.19. The lowest BCUT2D eigenvalue weighted by molar-refractivity contribution is 0.356. The Bertz CT molecular complexity index is 395. The fraction of sp³-hybridized carbons (Fsp3) is 0.647. The molecule has 1 aromatic carbocycles. The molecule has 2 heteroatoms. The van der Waals surface area contributed by atoms with Crippen LogP contribution in [0.1, 0.15) is 55.3 Å². The predicted molar refractivity (Wildman–Crippen MR) is 87.0 cm³/mol. The Kier molecular flexibility index (Phi) is 5.35. The first-order valence-corrected chi connectivity index (χ1v) is 8.76. The van der Waals surface area contributed by atoms with E-state index < -0.39 is 0 Å². The molecule has 19 heavy (non-hydrogen) atoms. The van der Waals surface area contributed by atoms with Crippen molar-refractivity contribution in [3.63, 3.8) is 0 Å². The summed E-state index contributed by atoms with van der Waals surface area (Å²) < 4.78 is 0. The lowest BCUT2D eigenvalue weighted by atomic mass is 9.93. The van der Waals surface area contributed by atoms with Crippen LogP contribution in [0, 0.1) is 13.8 Å². The Balaban J connectivity index is 2.04. The Labute approximate surface area is 122 Å². The Morgan fingerprint density at radius 2 is 1.74 bits per heavy atom. The molecule has 1 aliphatic carbocycles. The summed E-state index contributed by atoms with van der Waals surface area (Å²) in [4.78, 5) is 0. The fourth-order valence-electron chi connectivity index (χ4n) is 3.25. The van der Waals surface area contributed by atoms with E-state index in [9.17, 15) is 0 Å². The number of thioether (sulfide) groups is 1. The molecule has 0 amide bonds. The van der Waals surface area contributed by atoms with Crippen LogP contribution in [0.25, 0.3) is 0 Å². The second-order valence-electron chi connectivity index (χ2n) is 5.97. The van der Waals surface area contributed by atoms with Crippen molar-refractivity contribution < 1.29 is 0 Å². The van der Waals surface area contributed by atoms with E-state index in [4.69, 9.17) is 0 Å².